The molecule has 0 saturated heterocycles. The highest BCUT2D eigenvalue weighted by atomic mass is 32.1. The number of hydrogen-bond donors (Lipinski definition) is 0. The summed E-state index contributed by atoms with van der Waals surface area (Å²) in [5, 5.41) is 1.22. The average molecular weight is 261 g/mol. The zero-order valence-electron chi connectivity index (χ0n) is 11.0. The van der Waals surface area contributed by atoms with Gasteiger partial charge in [0.05, 0.1) is 5.39 Å². The highest BCUT2D eigenvalue weighted by Crippen LogP contribution is 2.34. The van der Waals surface area contributed by atoms with Crippen molar-refractivity contribution in [3.63, 3.8) is 0 Å². The fraction of sp³-hybridized carbons (Fsp3) is 0.571. The van der Waals surface area contributed by atoms with Crippen LogP contribution in [0.25, 0.3) is 10.2 Å². The van der Waals surface area contributed by atoms with Gasteiger partial charge in [-0.25, -0.2) is 9.97 Å². The number of anilines is 1. The van der Waals surface area contributed by atoms with E-state index in [0.717, 1.165) is 29.5 Å². The maximum Gasteiger partial charge on any atom is 0.140 e. The minimum atomic E-state index is 0.971. The molecule has 1 fully saturated rings. The quantitative estimate of drug-likeness (QED) is 0.825. The molecule has 2 aromatic rings. The maximum absolute atomic E-state index is 4.47. The van der Waals surface area contributed by atoms with Crippen LogP contribution < -0.4 is 4.90 Å². The molecule has 3 rings (SSSR count). The second-order valence-corrected chi connectivity index (χ2v) is 6.25. The Hall–Kier alpha value is -1.16. The highest BCUT2D eigenvalue weighted by molar-refractivity contribution is 7.18. The van der Waals surface area contributed by atoms with Crippen molar-refractivity contribution in [2.75, 3.05) is 18.5 Å². The number of nitrogens with zero attached hydrogens (tertiary/aromatic N) is 3. The molecule has 0 bridgehead atoms. The van der Waals surface area contributed by atoms with Crippen molar-refractivity contribution in [1.82, 2.24) is 9.97 Å². The minimum absolute atomic E-state index is 0.971. The van der Waals surface area contributed by atoms with Crippen molar-refractivity contribution in [2.24, 2.45) is 5.92 Å². The van der Waals surface area contributed by atoms with Crippen LogP contribution in [0.2, 0.25) is 0 Å². The Kier molecular flexibility index (Phi) is 3.20. The van der Waals surface area contributed by atoms with Gasteiger partial charge in [-0.2, -0.15) is 0 Å². The molecule has 4 heteroatoms. The molecule has 96 valence electrons. The van der Waals surface area contributed by atoms with Gasteiger partial charge in [0.1, 0.15) is 17.0 Å². The highest BCUT2D eigenvalue weighted by Gasteiger charge is 2.22. The van der Waals surface area contributed by atoms with E-state index in [-0.39, 0.29) is 0 Å². The van der Waals surface area contributed by atoms with Gasteiger partial charge in [-0.15, -0.1) is 11.3 Å². The van der Waals surface area contributed by atoms with E-state index in [9.17, 15) is 0 Å². The summed E-state index contributed by atoms with van der Waals surface area (Å²) in [4.78, 5) is 13.7. The van der Waals surface area contributed by atoms with Gasteiger partial charge in [0.2, 0.25) is 0 Å². The normalized spacial score (nSPS) is 15.2. The van der Waals surface area contributed by atoms with E-state index in [4.69, 9.17) is 0 Å². The van der Waals surface area contributed by atoms with Crippen LogP contribution in [0, 0.1) is 5.92 Å². The largest absolute Gasteiger partial charge is 0.359 e. The molecule has 1 saturated carbocycles. The molecular formula is C14H19N3S. The predicted octanol–water partition coefficient (Wildman–Crippen LogP) is 3.49. The number of thiophene rings is 1. The van der Waals surface area contributed by atoms with Crippen molar-refractivity contribution >= 4 is 27.4 Å². The van der Waals surface area contributed by atoms with E-state index in [0.29, 0.717) is 0 Å². The summed E-state index contributed by atoms with van der Waals surface area (Å²) in [5.74, 6) is 2.06. The van der Waals surface area contributed by atoms with Crippen LogP contribution in [0.15, 0.2) is 12.4 Å². The average Bonchev–Trinajstić information content (AvgIpc) is 3.12. The van der Waals surface area contributed by atoms with Gasteiger partial charge in [0.15, 0.2) is 0 Å². The second kappa shape index (κ2) is 4.84. The van der Waals surface area contributed by atoms with Gasteiger partial charge in [-0.1, -0.05) is 19.8 Å². The Morgan fingerprint density at radius 1 is 1.39 bits per heavy atom. The van der Waals surface area contributed by atoms with Crippen molar-refractivity contribution in [2.45, 2.75) is 32.6 Å². The molecule has 1 aliphatic carbocycles. The first-order chi connectivity index (χ1) is 8.78. The standard InChI is InChI=1S/C14H19N3S/c1-3-11-8-12-13(15-9-16-14(12)18-11)17(2)7-6-10-4-5-10/h8-10H,3-7H2,1-2H3. The smallest absolute Gasteiger partial charge is 0.140 e. The Balaban J connectivity index is 1.86. The molecule has 0 aliphatic heterocycles. The zero-order chi connectivity index (χ0) is 12.5. The third-order valence-corrected chi connectivity index (χ3v) is 4.83. The third kappa shape index (κ3) is 2.34. The van der Waals surface area contributed by atoms with E-state index in [1.54, 1.807) is 17.7 Å². The summed E-state index contributed by atoms with van der Waals surface area (Å²) >= 11 is 1.79. The molecule has 0 aromatic carbocycles. The lowest BCUT2D eigenvalue weighted by molar-refractivity contribution is 0.707. The number of hydrogen-bond acceptors (Lipinski definition) is 4. The molecule has 0 radical (unpaired) electrons. The monoisotopic (exact) mass is 261 g/mol. The van der Waals surface area contributed by atoms with Gasteiger partial charge in [-0.3, -0.25) is 0 Å². The number of aromatic nitrogens is 2. The molecule has 18 heavy (non-hydrogen) atoms. The lowest BCUT2D eigenvalue weighted by Gasteiger charge is -2.18. The fourth-order valence-electron chi connectivity index (χ4n) is 2.26. The first kappa shape index (κ1) is 11.9. The molecule has 2 aromatic heterocycles. The minimum Gasteiger partial charge on any atom is -0.359 e. The van der Waals surface area contributed by atoms with Crippen LogP contribution in [-0.2, 0) is 6.42 Å². The van der Waals surface area contributed by atoms with Crippen LogP contribution in [0.5, 0.6) is 0 Å². The molecule has 0 unspecified atom stereocenters. The Morgan fingerprint density at radius 3 is 2.94 bits per heavy atom. The van der Waals surface area contributed by atoms with Crippen LogP contribution >= 0.6 is 11.3 Å². The van der Waals surface area contributed by atoms with Crippen LogP contribution in [0.4, 0.5) is 5.82 Å². The SMILES string of the molecule is CCc1cc2c(N(C)CCC3CC3)ncnc2s1. The van der Waals surface area contributed by atoms with Crippen LogP contribution in [-0.4, -0.2) is 23.6 Å². The van der Waals surface area contributed by atoms with E-state index in [1.807, 2.05) is 0 Å². The lowest BCUT2D eigenvalue weighted by Crippen LogP contribution is -2.20. The first-order valence-corrected chi connectivity index (χ1v) is 7.54. The fourth-order valence-corrected chi connectivity index (χ4v) is 3.19. The van der Waals surface area contributed by atoms with E-state index in [1.165, 1.54) is 29.5 Å². The van der Waals surface area contributed by atoms with E-state index < -0.39 is 0 Å². The Bertz CT molecular complexity index is 545. The van der Waals surface area contributed by atoms with Crippen LogP contribution in [0.1, 0.15) is 31.1 Å². The van der Waals surface area contributed by atoms with Crippen LogP contribution in [0.3, 0.4) is 0 Å². The number of fused-ring (bicyclic) bond motifs is 1. The first-order valence-electron chi connectivity index (χ1n) is 6.72. The topological polar surface area (TPSA) is 29.0 Å². The molecule has 3 nitrogen and oxygen atoms in total. The van der Waals surface area contributed by atoms with E-state index >= 15 is 0 Å². The molecule has 0 N–H and O–H groups in total. The summed E-state index contributed by atoms with van der Waals surface area (Å²) in [6.45, 7) is 3.29. The zero-order valence-corrected chi connectivity index (χ0v) is 11.8. The van der Waals surface area contributed by atoms with Gasteiger partial charge in [0, 0.05) is 18.5 Å². The molecule has 0 amide bonds. The Morgan fingerprint density at radius 2 is 2.22 bits per heavy atom. The summed E-state index contributed by atoms with van der Waals surface area (Å²) in [6, 6.07) is 2.25. The summed E-state index contributed by atoms with van der Waals surface area (Å²) in [7, 11) is 2.15. The molecule has 0 spiro atoms. The maximum atomic E-state index is 4.47. The number of aryl methyl sites for hydroxylation is 1. The van der Waals surface area contributed by atoms with Gasteiger partial charge in [-0.05, 0) is 24.8 Å². The van der Waals surface area contributed by atoms with Crippen molar-refractivity contribution in [3.8, 4) is 0 Å². The second-order valence-electron chi connectivity index (χ2n) is 5.14. The van der Waals surface area contributed by atoms with Gasteiger partial charge in [0.25, 0.3) is 0 Å². The van der Waals surface area contributed by atoms with Gasteiger partial charge < -0.3 is 4.90 Å². The molecular weight excluding hydrogens is 242 g/mol. The summed E-state index contributed by atoms with van der Waals surface area (Å²) < 4.78 is 0. The van der Waals surface area contributed by atoms with Crippen molar-refractivity contribution in [3.05, 3.63) is 17.3 Å². The van der Waals surface area contributed by atoms with Crippen molar-refractivity contribution < 1.29 is 0 Å². The molecule has 2 heterocycles. The molecule has 0 atom stereocenters. The summed E-state index contributed by atoms with van der Waals surface area (Å²) in [6.07, 6.45) is 6.91. The summed E-state index contributed by atoms with van der Waals surface area (Å²) in [5.41, 5.74) is 0. The number of rotatable bonds is 5. The Labute approximate surface area is 112 Å². The van der Waals surface area contributed by atoms with E-state index in [2.05, 4.69) is 34.9 Å². The molecule has 1 aliphatic rings. The lowest BCUT2D eigenvalue weighted by atomic mass is 10.2. The van der Waals surface area contributed by atoms with Gasteiger partial charge >= 0.3 is 0 Å². The third-order valence-electron chi connectivity index (χ3n) is 3.64. The predicted molar refractivity (Wildman–Crippen MR) is 77.4 cm³/mol. The van der Waals surface area contributed by atoms with Crippen molar-refractivity contribution in [1.29, 1.82) is 0 Å².